The number of likely N-dealkylation sites (tertiary alicyclic amines) is 1. The fourth-order valence-corrected chi connectivity index (χ4v) is 3.46. The SMILES string of the molecule is CCCN1CCC2(CCC(C)=C(C)C2)CC1. The van der Waals surface area contributed by atoms with Crippen LogP contribution in [0.25, 0.3) is 0 Å². The normalized spacial score (nSPS) is 26.4. The predicted octanol–water partition coefficient (Wildman–Crippen LogP) is 4.00. The van der Waals surface area contributed by atoms with Crippen LogP contribution in [0.2, 0.25) is 0 Å². The number of allylic oxidation sites excluding steroid dienone is 2. The van der Waals surface area contributed by atoms with Crippen molar-refractivity contribution in [2.45, 2.75) is 59.3 Å². The van der Waals surface area contributed by atoms with Gasteiger partial charge in [-0.2, -0.15) is 0 Å². The number of hydrogen-bond acceptors (Lipinski definition) is 1. The average molecular weight is 221 g/mol. The van der Waals surface area contributed by atoms with Crippen LogP contribution in [-0.2, 0) is 0 Å². The summed E-state index contributed by atoms with van der Waals surface area (Å²) < 4.78 is 0. The molecule has 0 radical (unpaired) electrons. The van der Waals surface area contributed by atoms with Gasteiger partial charge in [0.25, 0.3) is 0 Å². The van der Waals surface area contributed by atoms with E-state index in [4.69, 9.17) is 0 Å². The van der Waals surface area contributed by atoms with Crippen molar-refractivity contribution in [2.24, 2.45) is 5.41 Å². The van der Waals surface area contributed by atoms with Crippen molar-refractivity contribution in [2.75, 3.05) is 19.6 Å². The summed E-state index contributed by atoms with van der Waals surface area (Å²) in [6.07, 6.45) is 8.40. The highest BCUT2D eigenvalue weighted by atomic mass is 15.1. The third kappa shape index (κ3) is 2.51. The Morgan fingerprint density at radius 3 is 2.31 bits per heavy atom. The van der Waals surface area contributed by atoms with E-state index in [0.29, 0.717) is 5.41 Å². The number of hydrogen-bond donors (Lipinski definition) is 0. The topological polar surface area (TPSA) is 3.24 Å². The molecule has 1 aliphatic carbocycles. The van der Waals surface area contributed by atoms with Gasteiger partial charge in [-0.3, -0.25) is 0 Å². The van der Waals surface area contributed by atoms with Gasteiger partial charge < -0.3 is 4.90 Å². The molecule has 1 saturated heterocycles. The second-order valence-corrected chi connectivity index (χ2v) is 6.08. The van der Waals surface area contributed by atoms with Crippen LogP contribution in [-0.4, -0.2) is 24.5 Å². The lowest BCUT2D eigenvalue weighted by atomic mass is 9.66. The van der Waals surface area contributed by atoms with Gasteiger partial charge in [0.05, 0.1) is 0 Å². The van der Waals surface area contributed by atoms with Crippen LogP contribution in [0.4, 0.5) is 0 Å². The largest absolute Gasteiger partial charge is 0.303 e. The molecule has 0 saturated carbocycles. The quantitative estimate of drug-likeness (QED) is 0.637. The van der Waals surface area contributed by atoms with Crippen LogP contribution in [0.15, 0.2) is 11.1 Å². The van der Waals surface area contributed by atoms with Crippen LogP contribution in [0.5, 0.6) is 0 Å². The molecule has 1 heterocycles. The molecule has 0 aromatic rings. The van der Waals surface area contributed by atoms with Gasteiger partial charge in [0.1, 0.15) is 0 Å². The van der Waals surface area contributed by atoms with Crippen molar-refractivity contribution < 1.29 is 0 Å². The molecule has 0 bridgehead atoms. The number of piperidine rings is 1. The van der Waals surface area contributed by atoms with Crippen LogP contribution >= 0.6 is 0 Å². The van der Waals surface area contributed by atoms with Gasteiger partial charge in [-0.1, -0.05) is 18.1 Å². The van der Waals surface area contributed by atoms with Gasteiger partial charge in [-0.25, -0.2) is 0 Å². The zero-order valence-electron chi connectivity index (χ0n) is 11.3. The van der Waals surface area contributed by atoms with Gasteiger partial charge in [0.15, 0.2) is 0 Å². The van der Waals surface area contributed by atoms with E-state index in [2.05, 4.69) is 25.7 Å². The molecule has 0 aromatic heterocycles. The highest BCUT2D eigenvalue weighted by Crippen LogP contribution is 2.46. The molecule has 1 aliphatic heterocycles. The maximum absolute atomic E-state index is 2.66. The minimum Gasteiger partial charge on any atom is -0.303 e. The van der Waals surface area contributed by atoms with Crippen LogP contribution in [0.3, 0.4) is 0 Å². The summed E-state index contributed by atoms with van der Waals surface area (Å²) in [6, 6.07) is 0. The van der Waals surface area contributed by atoms with Gasteiger partial charge in [0.2, 0.25) is 0 Å². The fraction of sp³-hybridized carbons (Fsp3) is 0.867. The Kier molecular flexibility index (Phi) is 3.73. The number of rotatable bonds is 2. The van der Waals surface area contributed by atoms with E-state index in [9.17, 15) is 0 Å². The van der Waals surface area contributed by atoms with Crippen molar-refractivity contribution in [1.29, 1.82) is 0 Å². The Morgan fingerprint density at radius 1 is 1.06 bits per heavy atom. The van der Waals surface area contributed by atoms with E-state index in [1.165, 1.54) is 58.2 Å². The van der Waals surface area contributed by atoms with Crippen molar-refractivity contribution >= 4 is 0 Å². The lowest BCUT2D eigenvalue weighted by Gasteiger charge is -2.45. The second-order valence-electron chi connectivity index (χ2n) is 6.08. The molecule has 1 spiro atoms. The Morgan fingerprint density at radius 2 is 1.75 bits per heavy atom. The molecule has 2 aliphatic rings. The molecule has 0 N–H and O–H groups in total. The average Bonchev–Trinajstić information content (AvgIpc) is 2.28. The second kappa shape index (κ2) is 4.91. The molecule has 16 heavy (non-hydrogen) atoms. The number of nitrogens with zero attached hydrogens (tertiary/aromatic N) is 1. The van der Waals surface area contributed by atoms with Crippen molar-refractivity contribution in [3.8, 4) is 0 Å². The first-order valence-electron chi connectivity index (χ1n) is 7.03. The zero-order valence-corrected chi connectivity index (χ0v) is 11.3. The molecule has 0 amide bonds. The summed E-state index contributed by atoms with van der Waals surface area (Å²) in [4.78, 5) is 2.66. The molecule has 1 fully saturated rings. The molecule has 1 heteroatoms. The molecular weight excluding hydrogens is 194 g/mol. The summed E-state index contributed by atoms with van der Waals surface area (Å²) in [5, 5.41) is 0. The maximum atomic E-state index is 2.66. The van der Waals surface area contributed by atoms with E-state index in [1.54, 1.807) is 11.1 Å². The van der Waals surface area contributed by atoms with E-state index >= 15 is 0 Å². The van der Waals surface area contributed by atoms with Crippen molar-refractivity contribution in [3.63, 3.8) is 0 Å². The summed E-state index contributed by atoms with van der Waals surface area (Å²) in [5.74, 6) is 0. The molecule has 1 nitrogen and oxygen atoms in total. The lowest BCUT2D eigenvalue weighted by Crippen LogP contribution is -2.41. The van der Waals surface area contributed by atoms with E-state index in [1.807, 2.05) is 0 Å². The Bertz CT molecular complexity index is 269. The van der Waals surface area contributed by atoms with Gasteiger partial charge >= 0.3 is 0 Å². The minimum absolute atomic E-state index is 0.688. The fourth-order valence-electron chi connectivity index (χ4n) is 3.46. The first-order valence-corrected chi connectivity index (χ1v) is 7.03. The maximum Gasteiger partial charge on any atom is -0.00133 e. The first-order chi connectivity index (χ1) is 7.65. The Labute approximate surface area is 101 Å². The summed E-state index contributed by atoms with van der Waals surface area (Å²) in [6.45, 7) is 11.0. The van der Waals surface area contributed by atoms with Crippen LogP contribution < -0.4 is 0 Å². The van der Waals surface area contributed by atoms with Crippen molar-refractivity contribution in [1.82, 2.24) is 4.90 Å². The van der Waals surface area contributed by atoms with Gasteiger partial charge in [0, 0.05) is 0 Å². The van der Waals surface area contributed by atoms with Gasteiger partial charge in [-0.15, -0.1) is 0 Å². The van der Waals surface area contributed by atoms with Crippen LogP contribution in [0, 0.1) is 5.41 Å². The van der Waals surface area contributed by atoms with Crippen molar-refractivity contribution in [3.05, 3.63) is 11.1 Å². The Hall–Kier alpha value is -0.300. The molecule has 92 valence electrons. The Balaban J connectivity index is 1.93. The highest BCUT2D eigenvalue weighted by Gasteiger charge is 2.36. The van der Waals surface area contributed by atoms with Gasteiger partial charge in [-0.05, 0) is 77.4 Å². The predicted molar refractivity (Wildman–Crippen MR) is 70.6 cm³/mol. The molecule has 0 aromatic carbocycles. The van der Waals surface area contributed by atoms with E-state index < -0.39 is 0 Å². The third-order valence-corrected chi connectivity index (χ3v) is 4.86. The van der Waals surface area contributed by atoms with E-state index in [-0.39, 0.29) is 0 Å². The van der Waals surface area contributed by atoms with E-state index in [0.717, 1.165) is 0 Å². The molecule has 0 unspecified atom stereocenters. The summed E-state index contributed by atoms with van der Waals surface area (Å²) in [5.41, 5.74) is 4.05. The minimum atomic E-state index is 0.688. The standard InChI is InChI=1S/C15H27N/c1-4-9-16-10-7-15(8-11-16)6-5-13(2)14(3)12-15/h4-12H2,1-3H3. The lowest BCUT2D eigenvalue weighted by molar-refractivity contribution is 0.0900. The summed E-state index contributed by atoms with van der Waals surface area (Å²) >= 11 is 0. The molecular formula is C15H27N. The van der Waals surface area contributed by atoms with Crippen LogP contribution in [0.1, 0.15) is 59.3 Å². The third-order valence-electron chi connectivity index (χ3n) is 4.86. The highest BCUT2D eigenvalue weighted by molar-refractivity contribution is 5.17. The first kappa shape index (κ1) is 12.2. The monoisotopic (exact) mass is 221 g/mol. The smallest absolute Gasteiger partial charge is 0.00133 e. The molecule has 0 atom stereocenters. The summed E-state index contributed by atoms with van der Waals surface area (Å²) in [7, 11) is 0. The molecule has 2 rings (SSSR count). The zero-order chi connectivity index (χ0) is 11.6.